The van der Waals surface area contributed by atoms with E-state index in [0.717, 1.165) is 39.1 Å². The minimum absolute atomic E-state index is 0.522. The zero-order valence-corrected chi connectivity index (χ0v) is 29.1. The number of aromatic nitrogens is 3. The molecular weight excluding hydrogens is 642 g/mol. The molecule has 0 saturated heterocycles. The van der Waals surface area contributed by atoms with Crippen molar-refractivity contribution in [2.75, 3.05) is 42.7 Å². The molecule has 0 amide bonds. The van der Waals surface area contributed by atoms with Crippen LogP contribution in [-0.2, 0) is 0 Å². The third-order valence-electron chi connectivity index (χ3n) is 8.00. The highest BCUT2D eigenvalue weighted by molar-refractivity contribution is 5.68. The fourth-order valence-electron chi connectivity index (χ4n) is 5.48. The quantitative estimate of drug-likeness (QED) is 0.146. The molecular formula is C42H35N3O6. The summed E-state index contributed by atoms with van der Waals surface area (Å²) in [7, 11) is 9.47. The van der Waals surface area contributed by atoms with Gasteiger partial charge in [0, 0.05) is 39.1 Å². The molecule has 0 saturated carbocycles. The molecule has 9 nitrogen and oxygen atoms in total. The Bertz CT molecular complexity index is 2080. The first-order valence-corrected chi connectivity index (χ1v) is 15.9. The monoisotopic (exact) mass is 677 g/mol. The van der Waals surface area contributed by atoms with E-state index < -0.39 is 0 Å². The Balaban J connectivity index is 1.29. The lowest BCUT2D eigenvalue weighted by Crippen LogP contribution is -2.00. The van der Waals surface area contributed by atoms with Gasteiger partial charge in [-0.2, -0.15) is 0 Å². The van der Waals surface area contributed by atoms with Crippen LogP contribution in [0.1, 0.15) is 22.3 Å². The van der Waals surface area contributed by atoms with Crippen LogP contribution >= 0.6 is 0 Å². The lowest BCUT2D eigenvalue weighted by atomic mass is 10.1. The normalized spacial score (nSPS) is 10.2. The van der Waals surface area contributed by atoms with Crippen molar-refractivity contribution in [3.63, 3.8) is 0 Å². The molecule has 6 aromatic rings. The Labute approximate surface area is 297 Å². The van der Waals surface area contributed by atoms with Gasteiger partial charge in [-0.05, 0) is 84.9 Å². The van der Waals surface area contributed by atoms with E-state index in [4.69, 9.17) is 28.4 Å². The van der Waals surface area contributed by atoms with Crippen molar-refractivity contribution in [2.24, 2.45) is 0 Å². The van der Waals surface area contributed by atoms with Gasteiger partial charge >= 0.3 is 0 Å². The van der Waals surface area contributed by atoms with Crippen molar-refractivity contribution < 1.29 is 28.4 Å². The first-order valence-electron chi connectivity index (χ1n) is 15.9. The van der Waals surface area contributed by atoms with Crippen molar-refractivity contribution in [2.45, 2.75) is 0 Å². The van der Waals surface area contributed by atoms with Crippen molar-refractivity contribution >= 4 is 0 Å². The van der Waals surface area contributed by atoms with Crippen molar-refractivity contribution in [3.05, 3.63) is 125 Å². The second kappa shape index (κ2) is 15.6. The maximum atomic E-state index is 5.47. The highest BCUT2D eigenvalue weighted by atomic mass is 16.5. The molecule has 51 heavy (non-hydrogen) atoms. The fraction of sp³-hybridized carbons (Fsp3) is 0.143. The summed E-state index contributed by atoms with van der Waals surface area (Å²) < 4.78 is 34.8. The first kappa shape index (κ1) is 34.0. The van der Waals surface area contributed by atoms with Gasteiger partial charge in [-0.15, -0.1) is 10.2 Å². The molecule has 0 N–H and O–H groups in total. The Morgan fingerprint density at radius 2 is 0.765 bits per heavy atom. The van der Waals surface area contributed by atoms with E-state index >= 15 is 0 Å². The van der Waals surface area contributed by atoms with Gasteiger partial charge in [0.1, 0.15) is 0 Å². The summed E-state index contributed by atoms with van der Waals surface area (Å²) in [6.07, 6.45) is 0. The smallest absolute Gasteiger partial charge is 0.203 e. The summed E-state index contributed by atoms with van der Waals surface area (Å²) in [6.45, 7) is 0. The molecule has 0 aliphatic carbocycles. The summed E-state index contributed by atoms with van der Waals surface area (Å²) >= 11 is 0. The van der Waals surface area contributed by atoms with Gasteiger partial charge in [0.25, 0.3) is 0 Å². The maximum absolute atomic E-state index is 5.47. The van der Waals surface area contributed by atoms with Crippen LogP contribution in [0.4, 0.5) is 0 Å². The minimum atomic E-state index is 0.522. The molecule has 1 aromatic heterocycles. The van der Waals surface area contributed by atoms with Crippen LogP contribution in [-0.4, -0.2) is 57.4 Å². The lowest BCUT2D eigenvalue weighted by molar-refractivity contribution is 0.324. The highest BCUT2D eigenvalue weighted by Crippen LogP contribution is 2.39. The molecule has 9 heteroatoms. The molecule has 0 fully saturated rings. The predicted octanol–water partition coefficient (Wildman–Crippen LogP) is 7.45. The fourth-order valence-corrected chi connectivity index (χ4v) is 5.48. The van der Waals surface area contributed by atoms with Gasteiger partial charge < -0.3 is 28.4 Å². The van der Waals surface area contributed by atoms with E-state index in [9.17, 15) is 0 Å². The topological polar surface area (TPSA) is 86.1 Å². The van der Waals surface area contributed by atoms with E-state index in [1.54, 1.807) is 42.7 Å². The van der Waals surface area contributed by atoms with Crippen molar-refractivity contribution in [1.29, 1.82) is 0 Å². The summed E-state index contributed by atoms with van der Waals surface area (Å²) in [5, 5.41) is 9.27. The lowest BCUT2D eigenvalue weighted by Gasteiger charge is -2.12. The molecule has 0 bridgehead atoms. The van der Waals surface area contributed by atoms with E-state index in [1.807, 2.05) is 108 Å². The average molecular weight is 678 g/mol. The number of hydrogen-bond donors (Lipinski definition) is 0. The molecule has 0 atom stereocenters. The van der Waals surface area contributed by atoms with Crippen LogP contribution in [0.5, 0.6) is 34.5 Å². The van der Waals surface area contributed by atoms with Gasteiger partial charge in [0.15, 0.2) is 34.6 Å². The van der Waals surface area contributed by atoms with Gasteiger partial charge in [-0.3, -0.25) is 4.57 Å². The van der Waals surface area contributed by atoms with E-state index in [1.165, 1.54) is 0 Å². The van der Waals surface area contributed by atoms with E-state index in [2.05, 4.69) is 33.9 Å². The molecule has 0 spiro atoms. The van der Waals surface area contributed by atoms with Crippen molar-refractivity contribution in [3.8, 4) is 86.6 Å². The standard InChI is InChI=1S/C42H35N3O6/c1-46-35-24-30(25-36(47-2)39(35)50-5)14-12-28-16-20-32(21-17-28)41-43-44-42(45(41)34-10-8-7-9-11-34)33-22-18-29(19-23-33)13-15-31-26-37(48-3)40(51-6)38(27-31)49-4/h7-11,16-27H,1-6H3. The second-order valence-electron chi connectivity index (χ2n) is 11.0. The zero-order valence-electron chi connectivity index (χ0n) is 29.1. The number of methoxy groups -OCH3 is 6. The average Bonchev–Trinajstić information content (AvgIpc) is 3.64. The summed E-state index contributed by atoms with van der Waals surface area (Å²) in [4.78, 5) is 0. The van der Waals surface area contributed by atoms with E-state index in [0.29, 0.717) is 46.1 Å². The van der Waals surface area contributed by atoms with Gasteiger partial charge in [-0.1, -0.05) is 41.9 Å². The predicted molar refractivity (Wildman–Crippen MR) is 196 cm³/mol. The molecule has 5 aromatic carbocycles. The molecule has 0 aliphatic heterocycles. The largest absolute Gasteiger partial charge is 0.493 e. The molecule has 1 heterocycles. The SMILES string of the molecule is COc1cc(C#Cc2ccc(-c3nnc(-c4ccc(C#Cc5cc(OC)c(OC)c(OC)c5)cc4)n3-c3ccccc3)cc2)cc(OC)c1OC. The Morgan fingerprint density at radius 3 is 1.10 bits per heavy atom. The third-order valence-corrected chi connectivity index (χ3v) is 8.00. The van der Waals surface area contributed by atoms with Gasteiger partial charge in [0.05, 0.1) is 42.7 Å². The molecule has 0 unspecified atom stereocenters. The number of para-hydroxylation sites is 1. The van der Waals surface area contributed by atoms with E-state index in [-0.39, 0.29) is 0 Å². The van der Waals surface area contributed by atoms with Gasteiger partial charge in [-0.25, -0.2) is 0 Å². The van der Waals surface area contributed by atoms with Crippen LogP contribution < -0.4 is 28.4 Å². The van der Waals surface area contributed by atoms with Crippen LogP contribution in [0.2, 0.25) is 0 Å². The number of benzene rings is 5. The summed E-state index contributed by atoms with van der Waals surface area (Å²) in [5.41, 5.74) is 5.86. The Hall–Kier alpha value is -6.84. The maximum Gasteiger partial charge on any atom is 0.203 e. The van der Waals surface area contributed by atoms with Crippen LogP contribution in [0.3, 0.4) is 0 Å². The number of ether oxygens (including phenoxy) is 6. The number of rotatable bonds is 9. The highest BCUT2D eigenvalue weighted by Gasteiger charge is 2.18. The second-order valence-corrected chi connectivity index (χ2v) is 11.0. The third kappa shape index (κ3) is 7.29. The van der Waals surface area contributed by atoms with Crippen molar-refractivity contribution in [1.82, 2.24) is 14.8 Å². The number of hydrogen-bond acceptors (Lipinski definition) is 8. The number of nitrogens with zero attached hydrogens (tertiary/aromatic N) is 3. The molecule has 0 aliphatic rings. The molecule has 6 rings (SSSR count). The summed E-state index contributed by atoms with van der Waals surface area (Å²) in [6, 6.07) is 33.1. The molecule has 254 valence electrons. The minimum Gasteiger partial charge on any atom is -0.493 e. The van der Waals surface area contributed by atoms with Gasteiger partial charge in [0.2, 0.25) is 11.5 Å². The Kier molecular flexibility index (Phi) is 10.4. The van der Waals surface area contributed by atoms with Crippen LogP contribution in [0.15, 0.2) is 103 Å². The summed E-state index contributed by atoms with van der Waals surface area (Å²) in [5.74, 6) is 17.5. The Morgan fingerprint density at radius 1 is 0.412 bits per heavy atom. The molecule has 0 radical (unpaired) electrons. The van der Waals surface area contributed by atoms with Crippen LogP contribution in [0.25, 0.3) is 28.5 Å². The van der Waals surface area contributed by atoms with Crippen LogP contribution in [0, 0.1) is 23.7 Å². The first-order chi connectivity index (χ1) is 25.0. The zero-order chi connectivity index (χ0) is 35.7.